The maximum atomic E-state index is 10.7. The molecule has 0 heterocycles. The molecule has 5 nitrogen and oxygen atoms in total. The molecule has 0 saturated heterocycles. The maximum absolute atomic E-state index is 10.7. The van der Waals surface area contributed by atoms with Gasteiger partial charge in [-0.05, 0) is 5.41 Å². The van der Waals surface area contributed by atoms with E-state index in [2.05, 4.69) is 0 Å². The zero-order valence-electron chi connectivity index (χ0n) is 7.38. The van der Waals surface area contributed by atoms with Crippen molar-refractivity contribution >= 4 is 7.60 Å². The molecule has 0 aromatic heterocycles. The molecule has 6 heteroatoms. The monoisotopic (exact) mass is 205 g/mol. The lowest BCUT2D eigenvalue weighted by molar-refractivity contribution is 0.169. The number of nitriles is 1. The van der Waals surface area contributed by atoms with Crippen molar-refractivity contribution in [3.8, 4) is 6.07 Å². The second-order valence-electron chi connectivity index (χ2n) is 3.96. The zero-order valence-corrected chi connectivity index (χ0v) is 8.27. The van der Waals surface area contributed by atoms with Crippen LogP contribution in [0.2, 0.25) is 0 Å². The van der Waals surface area contributed by atoms with Gasteiger partial charge in [0, 0.05) is 5.92 Å². The Morgan fingerprint density at radius 1 is 1.54 bits per heavy atom. The zero-order chi connectivity index (χ0) is 10.4. The summed E-state index contributed by atoms with van der Waals surface area (Å²) in [5, 5.41) is 17.9. The Balaban J connectivity index is 2.80. The van der Waals surface area contributed by atoms with Gasteiger partial charge < -0.3 is 14.9 Å². The third-order valence-corrected chi connectivity index (χ3v) is 3.73. The third-order valence-electron chi connectivity index (χ3n) is 2.72. The summed E-state index contributed by atoms with van der Waals surface area (Å²) in [6.07, 6.45) is 0. The largest absolute Gasteiger partial charge is 0.380 e. The van der Waals surface area contributed by atoms with E-state index >= 15 is 0 Å². The first-order chi connectivity index (χ1) is 5.73. The highest BCUT2D eigenvalue weighted by Gasteiger charge is 2.64. The molecule has 1 saturated carbocycles. The average Bonchev–Trinajstić information content (AvgIpc) is 2.49. The number of nitrogens with zero attached hydrogens (tertiary/aromatic N) is 1. The van der Waals surface area contributed by atoms with Gasteiger partial charge in [-0.25, -0.2) is 0 Å². The van der Waals surface area contributed by atoms with Crippen LogP contribution in [0.3, 0.4) is 0 Å². The molecule has 3 N–H and O–H groups in total. The summed E-state index contributed by atoms with van der Waals surface area (Å²) in [6, 6.07) is 1.93. The van der Waals surface area contributed by atoms with Gasteiger partial charge in [-0.3, -0.25) is 4.57 Å². The lowest BCUT2D eigenvalue weighted by Crippen LogP contribution is -2.13. The van der Waals surface area contributed by atoms with Crippen molar-refractivity contribution < 1.29 is 19.5 Å². The minimum absolute atomic E-state index is 0.463. The van der Waals surface area contributed by atoms with E-state index in [1.807, 2.05) is 6.07 Å². The van der Waals surface area contributed by atoms with Gasteiger partial charge >= 0.3 is 7.60 Å². The molecule has 0 radical (unpaired) electrons. The minimum Gasteiger partial charge on any atom is -0.380 e. The van der Waals surface area contributed by atoms with Gasteiger partial charge in [0.15, 0.2) is 5.85 Å². The van der Waals surface area contributed by atoms with Crippen LogP contribution in [0.4, 0.5) is 0 Å². The van der Waals surface area contributed by atoms with Crippen LogP contribution in [-0.2, 0) is 4.57 Å². The minimum atomic E-state index is -4.48. The molecule has 1 aliphatic carbocycles. The fourth-order valence-electron chi connectivity index (χ4n) is 1.69. The number of hydrogen-bond donors (Lipinski definition) is 3. The third kappa shape index (κ3) is 1.63. The first kappa shape index (κ1) is 10.7. The standard InChI is InChI=1S/C7H12NO4P/c1-7(2)4(3-8)5(7)6(9)13(10,11)12/h4-6,9H,1-2H3,(H2,10,11,12). The Bertz CT molecular complexity index is 302. The van der Waals surface area contributed by atoms with E-state index in [4.69, 9.17) is 15.0 Å². The van der Waals surface area contributed by atoms with Crippen LogP contribution in [0.15, 0.2) is 0 Å². The molecule has 1 fully saturated rings. The molecule has 0 amide bonds. The molecule has 1 rings (SSSR count). The van der Waals surface area contributed by atoms with Gasteiger partial charge in [-0.2, -0.15) is 5.26 Å². The van der Waals surface area contributed by atoms with Crippen molar-refractivity contribution in [2.24, 2.45) is 17.3 Å². The summed E-state index contributed by atoms with van der Waals surface area (Å²) in [7, 11) is -4.48. The highest BCUT2D eigenvalue weighted by molar-refractivity contribution is 7.52. The quantitative estimate of drug-likeness (QED) is 0.562. The van der Waals surface area contributed by atoms with E-state index in [0.29, 0.717) is 0 Å². The Morgan fingerprint density at radius 3 is 2.23 bits per heavy atom. The molecule has 0 bridgehead atoms. The summed E-state index contributed by atoms with van der Waals surface area (Å²) in [6.45, 7) is 3.43. The normalized spacial score (nSPS) is 33.5. The summed E-state index contributed by atoms with van der Waals surface area (Å²) in [5.74, 6) is -2.78. The highest BCUT2D eigenvalue weighted by Crippen LogP contribution is 2.65. The molecule has 0 aromatic carbocycles. The second-order valence-corrected chi connectivity index (χ2v) is 5.66. The smallest absolute Gasteiger partial charge is 0.354 e. The fourth-order valence-corrected chi connectivity index (χ4v) is 2.66. The average molecular weight is 205 g/mol. The molecule has 0 aromatic rings. The SMILES string of the molecule is CC1(C)C(C#N)C1C(O)P(=O)(O)O. The van der Waals surface area contributed by atoms with E-state index in [-0.39, 0.29) is 0 Å². The van der Waals surface area contributed by atoms with E-state index in [1.165, 1.54) is 0 Å². The number of hydrogen-bond acceptors (Lipinski definition) is 3. The molecular formula is C7H12NO4P. The Morgan fingerprint density at radius 2 is 2.00 bits per heavy atom. The van der Waals surface area contributed by atoms with Crippen molar-refractivity contribution in [2.75, 3.05) is 0 Å². The lowest BCUT2D eigenvalue weighted by Gasteiger charge is -2.12. The van der Waals surface area contributed by atoms with E-state index in [1.54, 1.807) is 13.8 Å². The number of rotatable bonds is 2. The van der Waals surface area contributed by atoms with Crippen LogP contribution in [0.5, 0.6) is 0 Å². The second kappa shape index (κ2) is 2.79. The van der Waals surface area contributed by atoms with Crippen molar-refractivity contribution in [1.29, 1.82) is 5.26 Å². The molecule has 3 unspecified atom stereocenters. The van der Waals surface area contributed by atoms with Gasteiger partial charge in [-0.1, -0.05) is 13.8 Å². The molecule has 3 atom stereocenters. The number of aliphatic hydroxyl groups is 1. The van der Waals surface area contributed by atoms with Crippen LogP contribution in [0.1, 0.15) is 13.8 Å². The van der Waals surface area contributed by atoms with Gasteiger partial charge in [-0.15, -0.1) is 0 Å². The van der Waals surface area contributed by atoms with Crippen LogP contribution in [0.25, 0.3) is 0 Å². The predicted octanol–water partition coefficient (Wildman–Crippen LogP) is 0.278. The summed E-state index contributed by atoms with van der Waals surface area (Å²) >= 11 is 0. The Kier molecular flexibility index (Phi) is 2.29. The first-order valence-electron chi connectivity index (χ1n) is 3.86. The molecule has 13 heavy (non-hydrogen) atoms. The summed E-state index contributed by atoms with van der Waals surface area (Å²) in [5.41, 5.74) is -0.491. The Hall–Kier alpha value is -0.400. The molecule has 74 valence electrons. The molecule has 0 spiro atoms. The topological polar surface area (TPSA) is 102 Å². The van der Waals surface area contributed by atoms with Gasteiger partial charge in [0.2, 0.25) is 0 Å². The van der Waals surface area contributed by atoms with E-state index < -0.39 is 30.7 Å². The molecular weight excluding hydrogens is 193 g/mol. The van der Waals surface area contributed by atoms with Crippen LogP contribution in [0, 0.1) is 28.6 Å². The molecule has 1 aliphatic rings. The van der Waals surface area contributed by atoms with Crippen molar-refractivity contribution in [3.05, 3.63) is 0 Å². The van der Waals surface area contributed by atoms with Crippen molar-refractivity contribution in [2.45, 2.75) is 19.7 Å². The van der Waals surface area contributed by atoms with Crippen molar-refractivity contribution in [3.63, 3.8) is 0 Å². The van der Waals surface area contributed by atoms with Gasteiger partial charge in [0.25, 0.3) is 0 Å². The van der Waals surface area contributed by atoms with Crippen molar-refractivity contribution in [1.82, 2.24) is 0 Å². The number of aliphatic hydroxyl groups excluding tert-OH is 1. The van der Waals surface area contributed by atoms with Crippen LogP contribution >= 0.6 is 7.60 Å². The van der Waals surface area contributed by atoms with E-state index in [9.17, 15) is 9.67 Å². The Labute approximate surface area is 76.2 Å². The van der Waals surface area contributed by atoms with Gasteiger partial charge in [0.1, 0.15) is 0 Å². The van der Waals surface area contributed by atoms with Crippen LogP contribution < -0.4 is 0 Å². The summed E-state index contributed by atoms with van der Waals surface area (Å²) in [4.78, 5) is 17.4. The van der Waals surface area contributed by atoms with Gasteiger partial charge in [0.05, 0.1) is 12.0 Å². The van der Waals surface area contributed by atoms with Crippen LogP contribution in [-0.4, -0.2) is 20.7 Å². The summed E-state index contributed by atoms with van der Waals surface area (Å²) < 4.78 is 10.7. The first-order valence-corrected chi connectivity index (χ1v) is 5.54. The molecule has 0 aliphatic heterocycles. The highest BCUT2D eigenvalue weighted by atomic mass is 31.2. The fraction of sp³-hybridized carbons (Fsp3) is 0.857. The predicted molar refractivity (Wildman–Crippen MR) is 44.4 cm³/mol. The maximum Gasteiger partial charge on any atom is 0.354 e. The van der Waals surface area contributed by atoms with E-state index in [0.717, 1.165) is 0 Å². The lowest BCUT2D eigenvalue weighted by atomic mass is 10.1.